The van der Waals surface area contributed by atoms with Crippen molar-refractivity contribution < 1.29 is 37.9 Å². The van der Waals surface area contributed by atoms with Gasteiger partial charge in [0.05, 0.1) is 57.3 Å². The Hall–Kier alpha value is -4.35. The van der Waals surface area contributed by atoms with Crippen LogP contribution in [-0.4, -0.2) is 107 Å². The number of methoxy groups -OCH3 is 1. The summed E-state index contributed by atoms with van der Waals surface area (Å²) in [5.74, 6) is 0.908. The minimum atomic E-state index is -1.25. The number of rotatable bonds is 7. The molecule has 5 heterocycles. The number of hydrogen-bond acceptors (Lipinski definition) is 11. The van der Waals surface area contributed by atoms with Crippen molar-refractivity contribution in [2.75, 3.05) is 58.1 Å². The highest BCUT2D eigenvalue weighted by atomic mass is 19.1. The summed E-state index contributed by atoms with van der Waals surface area (Å²) < 4.78 is 56.3. The molecule has 2 aromatic heterocycles. The van der Waals surface area contributed by atoms with Crippen molar-refractivity contribution >= 4 is 27.5 Å². The molecule has 4 aliphatic rings. The van der Waals surface area contributed by atoms with Crippen LogP contribution in [0.4, 0.5) is 14.6 Å². The topological polar surface area (TPSA) is 123 Å². The van der Waals surface area contributed by atoms with Crippen LogP contribution < -0.4 is 14.4 Å². The molecular weight excluding hydrogens is 684 g/mol. The van der Waals surface area contributed by atoms with Gasteiger partial charge in [-0.1, -0.05) is 18.4 Å². The van der Waals surface area contributed by atoms with E-state index in [4.69, 9.17) is 30.4 Å². The maximum Gasteiger partial charge on any atom is 0.319 e. The third-order valence-corrected chi connectivity index (χ3v) is 11.8. The van der Waals surface area contributed by atoms with Gasteiger partial charge in [0.2, 0.25) is 5.88 Å². The van der Waals surface area contributed by atoms with Crippen LogP contribution in [0.1, 0.15) is 58.4 Å². The molecule has 0 spiro atoms. The molecule has 1 aliphatic carbocycles. The van der Waals surface area contributed by atoms with Crippen molar-refractivity contribution in [2.45, 2.75) is 76.2 Å². The average Bonchev–Trinajstić information content (AvgIpc) is 3.48. The summed E-state index contributed by atoms with van der Waals surface area (Å²) in [5.41, 5.74) is -2.02. The molecule has 3 saturated heterocycles. The molecule has 0 radical (unpaired) electrons. The number of ether oxygens (including phenoxy) is 4. The number of fused-ring (bicyclic) bond motifs is 3. The van der Waals surface area contributed by atoms with Gasteiger partial charge in [0.25, 0.3) is 0 Å². The van der Waals surface area contributed by atoms with Crippen LogP contribution >= 0.6 is 0 Å². The van der Waals surface area contributed by atoms with E-state index in [-0.39, 0.29) is 87.3 Å². The fraction of sp³-hybridized carbons (Fsp3) is 0.525. The zero-order chi connectivity index (χ0) is 37.3. The first-order valence-corrected chi connectivity index (χ1v) is 18.3. The number of likely N-dealkylation sites (tertiary alicyclic amines) is 1. The largest absolute Gasteiger partial charge is 0.508 e. The van der Waals surface area contributed by atoms with Gasteiger partial charge in [0, 0.05) is 29.0 Å². The zero-order valence-electron chi connectivity index (χ0n) is 30.5. The van der Waals surface area contributed by atoms with Crippen molar-refractivity contribution in [3.63, 3.8) is 0 Å². The normalized spacial score (nSPS) is 27.2. The number of benzene rings is 2. The summed E-state index contributed by atoms with van der Waals surface area (Å²) >= 11 is 0. The lowest BCUT2D eigenvalue weighted by molar-refractivity contribution is -0.214. The van der Waals surface area contributed by atoms with Gasteiger partial charge in [-0.25, -0.2) is 13.8 Å². The number of anilines is 1. The fourth-order valence-corrected chi connectivity index (χ4v) is 9.17. The number of piperidine rings is 1. The molecule has 4 fully saturated rings. The number of hydrogen-bond donors (Lipinski definition) is 2. The molecule has 13 heteroatoms. The SMILES string of the molecule is C#Cc1c(F)ccc2cc(O)cc(-c3nc(OC)c4c(N5CCOCC(C)(O)C5)nc(OCC56CCCC5N(C5COC5(C)C)CCC6)nc4c3F)c12. The lowest BCUT2D eigenvalue weighted by atomic mass is 9.73. The Balaban J connectivity index is 1.28. The van der Waals surface area contributed by atoms with E-state index in [1.165, 1.54) is 31.4 Å². The van der Waals surface area contributed by atoms with Crippen molar-refractivity contribution in [2.24, 2.45) is 5.41 Å². The van der Waals surface area contributed by atoms with Gasteiger partial charge in [-0.2, -0.15) is 9.97 Å². The van der Waals surface area contributed by atoms with Crippen LogP contribution in [-0.2, 0) is 9.47 Å². The summed E-state index contributed by atoms with van der Waals surface area (Å²) in [6.07, 6.45) is 10.9. The highest BCUT2D eigenvalue weighted by Crippen LogP contribution is 2.51. The minimum Gasteiger partial charge on any atom is -0.508 e. The standard InChI is InChI=1S/C40H45F2N5O6/c1-6-25-27(41)11-10-23-17-24(48)18-26(30(23)25)33-32(42)34-31(36(43-33)50-5)35(46-15-16-51-21-39(4,49)20-46)45-37(44-34)52-22-40-12-7-9-28(40)47(14-8-13-40)29-19-53-38(29,2)3/h1,10-11,17-18,28-29,48-49H,7-9,12-16,19-22H2,2-5H3. The Labute approximate surface area is 307 Å². The number of halogens is 2. The number of aromatic hydroxyl groups is 1. The van der Waals surface area contributed by atoms with E-state index >= 15 is 8.78 Å². The van der Waals surface area contributed by atoms with E-state index in [0.29, 0.717) is 37.2 Å². The first-order chi connectivity index (χ1) is 25.3. The van der Waals surface area contributed by atoms with Crippen molar-refractivity contribution in [3.8, 4) is 41.2 Å². The monoisotopic (exact) mass is 729 g/mol. The van der Waals surface area contributed by atoms with Crippen molar-refractivity contribution in [1.82, 2.24) is 19.9 Å². The second-order valence-electron chi connectivity index (χ2n) is 15.8. The van der Waals surface area contributed by atoms with Crippen LogP contribution in [0.25, 0.3) is 32.9 Å². The van der Waals surface area contributed by atoms with E-state index in [0.717, 1.165) is 38.6 Å². The van der Waals surface area contributed by atoms with Crippen molar-refractivity contribution in [3.05, 3.63) is 41.5 Å². The fourth-order valence-electron chi connectivity index (χ4n) is 9.17. The molecule has 0 bridgehead atoms. The predicted octanol–water partition coefficient (Wildman–Crippen LogP) is 5.60. The average molecular weight is 730 g/mol. The number of phenols is 1. The number of β-amino-alcohol motifs (C(OH)–C–C–N with tert-alkyl or cyclic N) is 1. The maximum atomic E-state index is 17.3. The maximum absolute atomic E-state index is 17.3. The number of aromatic nitrogens is 3. The Bertz CT molecular complexity index is 2140. The molecule has 0 amide bonds. The van der Waals surface area contributed by atoms with Crippen LogP contribution in [0.5, 0.6) is 17.6 Å². The Kier molecular flexibility index (Phi) is 8.88. The molecule has 4 aromatic rings. The van der Waals surface area contributed by atoms with Gasteiger partial charge in [-0.3, -0.25) is 4.90 Å². The molecule has 2 aromatic carbocycles. The third kappa shape index (κ3) is 6.09. The van der Waals surface area contributed by atoms with Gasteiger partial charge < -0.3 is 34.1 Å². The predicted molar refractivity (Wildman–Crippen MR) is 195 cm³/mol. The smallest absolute Gasteiger partial charge is 0.319 e. The molecule has 8 rings (SSSR count). The van der Waals surface area contributed by atoms with Crippen LogP contribution in [0.3, 0.4) is 0 Å². The van der Waals surface area contributed by atoms with Crippen LogP contribution in [0.15, 0.2) is 24.3 Å². The summed E-state index contributed by atoms with van der Waals surface area (Å²) in [6.45, 7) is 8.85. The first-order valence-electron chi connectivity index (χ1n) is 18.3. The number of pyridine rings is 1. The summed E-state index contributed by atoms with van der Waals surface area (Å²) in [7, 11) is 1.40. The van der Waals surface area contributed by atoms with Gasteiger partial charge in [0.15, 0.2) is 5.82 Å². The van der Waals surface area contributed by atoms with E-state index in [9.17, 15) is 10.2 Å². The molecule has 53 heavy (non-hydrogen) atoms. The number of phenolic OH excluding ortho intramolecular Hbond substituents is 1. The molecule has 1 saturated carbocycles. The second kappa shape index (κ2) is 13.2. The molecule has 4 unspecified atom stereocenters. The van der Waals surface area contributed by atoms with E-state index in [2.05, 4.69) is 34.6 Å². The quantitative estimate of drug-likeness (QED) is 0.232. The Morgan fingerprint density at radius 2 is 1.87 bits per heavy atom. The Morgan fingerprint density at radius 1 is 1.06 bits per heavy atom. The highest BCUT2D eigenvalue weighted by Gasteiger charge is 2.55. The number of terminal acetylenes is 1. The summed E-state index contributed by atoms with van der Waals surface area (Å²) in [6, 6.07) is 5.99. The van der Waals surface area contributed by atoms with E-state index in [1.807, 2.05) is 0 Å². The molecular formula is C40H45F2N5O6. The van der Waals surface area contributed by atoms with E-state index in [1.54, 1.807) is 11.8 Å². The molecule has 3 aliphatic heterocycles. The lowest BCUT2D eigenvalue weighted by Crippen LogP contribution is -2.68. The molecule has 2 N–H and O–H groups in total. The Morgan fingerprint density at radius 3 is 2.60 bits per heavy atom. The zero-order valence-corrected chi connectivity index (χ0v) is 30.5. The summed E-state index contributed by atoms with van der Waals surface area (Å²) in [4.78, 5) is 18.6. The third-order valence-electron chi connectivity index (χ3n) is 11.8. The molecule has 4 atom stereocenters. The van der Waals surface area contributed by atoms with Gasteiger partial charge >= 0.3 is 6.01 Å². The number of aliphatic hydroxyl groups is 1. The lowest BCUT2D eigenvalue weighted by Gasteiger charge is -2.57. The highest BCUT2D eigenvalue weighted by molar-refractivity contribution is 6.04. The van der Waals surface area contributed by atoms with Gasteiger partial charge in [-0.05, 0) is 76.6 Å². The second-order valence-corrected chi connectivity index (χ2v) is 15.8. The minimum absolute atomic E-state index is 0.0133. The van der Waals surface area contributed by atoms with Crippen LogP contribution in [0, 0.1) is 29.4 Å². The first kappa shape index (κ1) is 35.7. The van der Waals surface area contributed by atoms with Gasteiger partial charge in [0.1, 0.15) is 39.6 Å². The molecule has 280 valence electrons. The van der Waals surface area contributed by atoms with Crippen LogP contribution in [0.2, 0.25) is 0 Å². The molecule has 11 nitrogen and oxygen atoms in total. The summed E-state index contributed by atoms with van der Waals surface area (Å²) in [5, 5.41) is 22.6. The van der Waals surface area contributed by atoms with Gasteiger partial charge in [-0.15, -0.1) is 6.42 Å². The number of nitrogens with zero attached hydrogens (tertiary/aromatic N) is 5. The van der Waals surface area contributed by atoms with E-state index < -0.39 is 17.2 Å². The van der Waals surface area contributed by atoms with Crippen molar-refractivity contribution in [1.29, 1.82) is 0 Å².